The lowest BCUT2D eigenvalue weighted by Crippen LogP contribution is -1.55. The molecule has 0 heteroatoms. The molecule has 0 N–H and O–H groups in total. The van der Waals surface area contributed by atoms with Gasteiger partial charge >= 0.3 is 0 Å². The Kier molecular flexibility index (Phi) is 7.10. The minimum absolute atomic E-state index is 2.00. The van der Waals surface area contributed by atoms with Crippen LogP contribution in [0.1, 0.15) is 0 Å². The highest BCUT2D eigenvalue weighted by Crippen LogP contribution is 1.88. The van der Waals surface area contributed by atoms with E-state index in [0.717, 1.165) is 0 Å². The molecule has 1 aliphatic carbocycles. The fourth-order valence-electron chi connectivity index (χ4n) is 1.03. The molecule has 0 atom stereocenters. The van der Waals surface area contributed by atoms with Crippen LogP contribution in [-0.4, -0.2) is 0 Å². The van der Waals surface area contributed by atoms with Crippen LogP contribution in [-0.2, 0) is 0 Å². The summed E-state index contributed by atoms with van der Waals surface area (Å²) in [6.45, 7) is 0. The van der Waals surface area contributed by atoms with Gasteiger partial charge in [-0.3, -0.25) is 0 Å². The Morgan fingerprint density at radius 2 is 0.188 bits per heavy atom. The largest absolute Gasteiger partial charge is 0.0623 e. The smallest absolute Gasteiger partial charge is 0.0623 e. The van der Waals surface area contributed by atoms with Crippen molar-refractivity contribution >= 4 is 0 Å². The number of hydrogen-bond acceptors (Lipinski definition) is 0. The van der Waals surface area contributed by atoms with Crippen LogP contribution in [0.2, 0.25) is 0 Å². The summed E-state index contributed by atoms with van der Waals surface area (Å²) in [5.74, 6) is 0. The number of rotatable bonds is 0. The van der Waals surface area contributed by atoms with Crippen molar-refractivity contribution in [1.29, 1.82) is 0 Å². The molecule has 0 nitrogen and oxygen atoms in total. The summed E-state index contributed by atoms with van der Waals surface area (Å²) in [6.07, 6.45) is 32.0. The van der Waals surface area contributed by atoms with Gasteiger partial charge in [-0.05, 0) is 0 Å². The second-order valence-corrected chi connectivity index (χ2v) is 3.08. The quantitative estimate of drug-likeness (QED) is 0.551. The van der Waals surface area contributed by atoms with Crippen LogP contribution < -0.4 is 0 Å². The van der Waals surface area contributed by atoms with Crippen molar-refractivity contribution in [2.24, 2.45) is 0 Å². The molecular formula is C16H16. The van der Waals surface area contributed by atoms with Gasteiger partial charge in [0.05, 0.1) is 0 Å². The van der Waals surface area contributed by atoms with E-state index in [1.165, 1.54) is 0 Å². The molecule has 0 aromatic heterocycles. The molecule has 1 rings (SSSR count). The van der Waals surface area contributed by atoms with Crippen molar-refractivity contribution in [2.75, 3.05) is 0 Å². The van der Waals surface area contributed by atoms with Gasteiger partial charge in [0, 0.05) is 0 Å². The van der Waals surface area contributed by atoms with Gasteiger partial charge < -0.3 is 0 Å². The zero-order valence-electron chi connectivity index (χ0n) is 9.24. The van der Waals surface area contributed by atoms with Crippen molar-refractivity contribution in [2.45, 2.75) is 0 Å². The first-order chi connectivity index (χ1) is 8.00. The van der Waals surface area contributed by atoms with Gasteiger partial charge in [0.2, 0.25) is 0 Å². The van der Waals surface area contributed by atoms with Gasteiger partial charge in [0.15, 0.2) is 0 Å². The number of allylic oxidation sites excluding steroid dienone is 16. The molecule has 0 aliphatic heterocycles. The first-order valence-electron chi connectivity index (χ1n) is 5.33. The van der Waals surface area contributed by atoms with E-state index in [2.05, 4.69) is 0 Å². The summed E-state index contributed by atoms with van der Waals surface area (Å²) in [5, 5.41) is 0. The minimum Gasteiger partial charge on any atom is -0.0623 e. The lowest BCUT2D eigenvalue weighted by molar-refractivity contribution is 1.81. The maximum Gasteiger partial charge on any atom is -0.0623 e. The zero-order valence-corrected chi connectivity index (χ0v) is 9.24. The fourth-order valence-corrected chi connectivity index (χ4v) is 1.03. The third-order valence-corrected chi connectivity index (χ3v) is 1.78. The molecule has 0 heterocycles. The van der Waals surface area contributed by atoms with Crippen LogP contribution in [0.25, 0.3) is 0 Å². The molecule has 0 spiro atoms. The Labute approximate surface area is 97.7 Å². The standard InChI is InChI=1S/C16H16/c1-2-4-6-8-10-12-14-16-15-13-11-9-7-5-3-1/h1-16H/b2-1-,3-1?,4-2?,5-3-,6-4+,7-5?,8-6?,9-7+,10-8+,11-9?,12-10?,13-11+,14-12-,15-13?,16-14?,16-15-. The van der Waals surface area contributed by atoms with E-state index >= 15 is 0 Å². The second kappa shape index (κ2) is 9.47. The molecule has 0 saturated heterocycles. The van der Waals surface area contributed by atoms with Crippen molar-refractivity contribution in [3.8, 4) is 0 Å². The molecule has 0 unspecified atom stereocenters. The monoisotopic (exact) mass is 208 g/mol. The Morgan fingerprint density at radius 1 is 0.125 bits per heavy atom. The van der Waals surface area contributed by atoms with E-state index in [1.54, 1.807) is 0 Å². The third-order valence-electron chi connectivity index (χ3n) is 1.78. The first-order valence-corrected chi connectivity index (χ1v) is 5.33. The average Bonchev–Trinajstić information content (AvgIpc) is 2.29. The van der Waals surface area contributed by atoms with Crippen molar-refractivity contribution in [3.05, 3.63) is 97.2 Å². The highest BCUT2D eigenvalue weighted by molar-refractivity contribution is 5.23. The van der Waals surface area contributed by atoms with Gasteiger partial charge in [-0.1, -0.05) is 97.2 Å². The Balaban J connectivity index is 2.67. The first kappa shape index (κ1) is 12.0. The van der Waals surface area contributed by atoms with E-state index in [9.17, 15) is 0 Å². The molecule has 0 aromatic rings. The van der Waals surface area contributed by atoms with Gasteiger partial charge in [0.25, 0.3) is 0 Å². The SMILES string of the molecule is C1=C\C=C\C=C\C=C/C=C\C=C\C=C\C=C/1. The summed E-state index contributed by atoms with van der Waals surface area (Å²) in [6, 6.07) is 0. The highest BCUT2D eigenvalue weighted by Gasteiger charge is 1.66. The van der Waals surface area contributed by atoms with E-state index in [1.807, 2.05) is 97.2 Å². The summed E-state index contributed by atoms with van der Waals surface area (Å²) < 4.78 is 0. The molecule has 0 saturated carbocycles. The van der Waals surface area contributed by atoms with Gasteiger partial charge in [0.1, 0.15) is 0 Å². The van der Waals surface area contributed by atoms with Gasteiger partial charge in [-0.2, -0.15) is 0 Å². The van der Waals surface area contributed by atoms with Crippen LogP contribution in [0.15, 0.2) is 97.2 Å². The molecule has 0 bridgehead atoms. The molecule has 0 fully saturated rings. The van der Waals surface area contributed by atoms with Crippen molar-refractivity contribution in [3.63, 3.8) is 0 Å². The third kappa shape index (κ3) is 7.34. The maximum absolute atomic E-state index is 2.00. The van der Waals surface area contributed by atoms with Crippen LogP contribution in [0.4, 0.5) is 0 Å². The lowest BCUT2D eigenvalue weighted by Gasteiger charge is -1.77. The molecular weight excluding hydrogens is 192 g/mol. The molecule has 16 heavy (non-hydrogen) atoms. The summed E-state index contributed by atoms with van der Waals surface area (Å²) in [5.41, 5.74) is 0. The molecule has 0 amide bonds. The molecule has 0 aromatic carbocycles. The highest BCUT2D eigenvalue weighted by atomic mass is 13.7. The molecule has 0 radical (unpaired) electrons. The summed E-state index contributed by atoms with van der Waals surface area (Å²) in [7, 11) is 0. The van der Waals surface area contributed by atoms with Crippen molar-refractivity contribution < 1.29 is 0 Å². The summed E-state index contributed by atoms with van der Waals surface area (Å²) >= 11 is 0. The predicted molar refractivity (Wildman–Crippen MR) is 73.1 cm³/mol. The van der Waals surface area contributed by atoms with Gasteiger partial charge in [-0.15, -0.1) is 0 Å². The van der Waals surface area contributed by atoms with Crippen LogP contribution in [0, 0.1) is 0 Å². The lowest BCUT2D eigenvalue weighted by atomic mass is 10.3. The van der Waals surface area contributed by atoms with Crippen molar-refractivity contribution in [1.82, 2.24) is 0 Å². The van der Waals surface area contributed by atoms with Crippen LogP contribution in [0.5, 0.6) is 0 Å². The van der Waals surface area contributed by atoms with E-state index < -0.39 is 0 Å². The Hall–Kier alpha value is -2.08. The molecule has 80 valence electrons. The predicted octanol–water partition coefficient (Wildman–Crippen LogP) is 4.45. The zero-order chi connectivity index (χ0) is 11.3. The molecule has 1 aliphatic rings. The van der Waals surface area contributed by atoms with E-state index in [0.29, 0.717) is 0 Å². The summed E-state index contributed by atoms with van der Waals surface area (Å²) in [4.78, 5) is 0. The normalized spacial score (nSPS) is 32.0. The van der Waals surface area contributed by atoms with Gasteiger partial charge in [-0.25, -0.2) is 0 Å². The van der Waals surface area contributed by atoms with Crippen LogP contribution in [0.3, 0.4) is 0 Å². The Morgan fingerprint density at radius 3 is 0.250 bits per heavy atom. The van der Waals surface area contributed by atoms with E-state index in [-0.39, 0.29) is 0 Å². The van der Waals surface area contributed by atoms with Crippen LogP contribution >= 0.6 is 0 Å². The second-order valence-electron chi connectivity index (χ2n) is 3.08. The number of hydrogen-bond donors (Lipinski definition) is 0. The average molecular weight is 208 g/mol. The topological polar surface area (TPSA) is 0 Å². The fraction of sp³-hybridized carbons (Fsp3) is 0. The maximum atomic E-state index is 2.00. The minimum atomic E-state index is 2.00. The van der Waals surface area contributed by atoms with E-state index in [4.69, 9.17) is 0 Å². The Bertz CT molecular complexity index is 242.